The van der Waals surface area contributed by atoms with Gasteiger partial charge in [0, 0.05) is 25.0 Å². The molecule has 30 heavy (non-hydrogen) atoms. The minimum Gasteiger partial charge on any atom is -0.494 e. The minimum atomic E-state index is -1.10. The first-order chi connectivity index (χ1) is 14.7. The summed E-state index contributed by atoms with van der Waals surface area (Å²) in [4.78, 5) is 22.1. The van der Waals surface area contributed by atoms with Crippen molar-refractivity contribution in [3.63, 3.8) is 0 Å². The highest BCUT2D eigenvalue weighted by molar-refractivity contribution is 6.00. The van der Waals surface area contributed by atoms with Gasteiger partial charge in [0.25, 0.3) is 5.91 Å². The van der Waals surface area contributed by atoms with E-state index in [4.69, 9.17) is 19.4 Å². The van der Waals surface area contributed by atoms with Crippen molar-refractivity contribution in [1.82, 2.24) is 5.48 Å². The number of hydrogen-bond donors (Lipinski definition) is 2. The highest BCUT2D eigenvalue weighted by Gasteiger charge is 2.43. The number of hydroxylamine groups is 1. The number of rotatable bonds is 10. The van der Waals surface area contributed by atoms with Crippen LogP contribution in [0.4, 0.5) is 0 Å². The highest BCUT2D eigenvalue weighted by Crippen LogP contribution is 2.27. The van der Waals surface area contributed by atoms with Crippen LogP contribution in [0.3, 0.4) is 0 Å². The van der Waals surface area contributed by atoms with Gasteiger partial charge in [-0.2, -0.15) is 0 Å². The van der Waals surface area contributed by atoms with E-state index in [0.29, 0.717) is 31.1 Å². The maximum absolute atomic E-state index is 12.7. The SMILES string of the molecule is CONC(=O)[C@]1(C/C=C/c2ccccc2)COC(c2ccc(OCCCO)cc2)=N1. The maximum Gasteiger partial charge on any atom is 0.275 e. The summed E-state index contributed by atoms with van der Waals surface area (Å²) in [5.41, 5.74) is 3.08. The quantitative estimate of drug-likeness (QED) is 0.464. The number of nitrogens with zero attached hydrogens (tertiary/aromatic N) is 1. The lowest BCUT2D eigenvalue weighted by molar-refractivity contribution is -0.137. The molecule has 0 radical (unpaired) electrons. The molecule has 158 valence electrons. The average molecular weight is 410 g/mol. The Morgan fingerprint density at radius 1 is 1.23 bits per heavy atom. The van der Waals surface area contributed by atoms with Crippen molar-refractivity contribution in [1.29, 1.82) is 0 Å². The second kappa shape index (κ2) is 10.6. The second-order valence-corrected chi connectivity index (χ2v) is 6.84. The summed E-state index contributed by atoms with van der Waals surface area (Å²) in [6, 6.07) is 17.1. The Bertz CT molecular complexity index is 880. The van der Waals surface area contributed by atoms with E-state index in [2.05, 4.69) is 10.5 Å². The van der Waals surface area contributed by atoms with Gasteiger partial charge in [0.15, 0.2) is 5.54 Å². The van der Waals surface area contributed by atoms with E-state index in [-0.39, 0.29) is 19.1 Å². The summed E-state index contributed by atoms with van der Waals surface area (Å²) in [5.74, 6) is 0.734. The van der Waals surface area contributed by atoms with Crippen LogP contribution in [0, 0.1) is 0 Å². The zero-order valence-corrected chi connectivity index (χ0v) is 16.9. The molecule has 0 saturated carbocycles. The summed E-state index contributed by atoms with van der Waals surface area (Å²) in [6.07, 6.45) is 4.81. The van der Waals surface area contributed by atoms with Gasteiger partial charge in [-0.05, 0) is 29.8 Å². The van der Waals surface area contributed by atoms with Crippen LogP contribution in [0.2, 0.25) is 0 Å². The number of carbonyl (C=O) groups excluding carboxylic acids is 1. The normalized spacial score (nSPS) is 18.1. The second-order valence-electron chi connectivity index (χ2n) is 6.84. The molecular formula is C23H26N2O5. The van der Waals surface area contributed by atoms with Gasteiger partial charge in [-0.15, -0.1) is 0 Å². The third kappa shape index (κ3) is 5.46. The fourth-order valence-corrected chi connectivity index (χ4v) is 3.00. The molecular weight excluding hydrogens is 384 g/mol. The predicted molar refractivity (Wildman–Crippen MR) is 114 cm³/mol. The number of aliphatic imine (C=N–C) groups is 1. The molecule has 1 aliphatic heterocycles. The summed E-state index contributed by atoms with van der Waals surface area (Å²) in [6.45, 7) is 0.653. The van der Waals surface area contributed by atoms with Crippen molar-refractivity contribution >= 4 is 17.9 Å². The third-order valence-corrected chi connectivity index (χ3v) is 4.62. The number of benzene rings is 2. The number of aliphatic hydroxyl groups excluding tert-OH is 1. The lowest BCUT2D eigenvalue weighted by Crippen LogP contribution is -2.46. The first kappa shape index (κ1) is 21.5. The Labute approximate surface area is 176 Å². The Hall–Kier alpha value is -3.16. The fourth-order valence-electron chi connectivity index (χ4n) is 3.00. The summed E-state index contributed by atoms with van der Waals surface area (Å²) in [5, 5.41) is 8.83. The molecule has 7 heteroatoms. The topological polar surface area (TPSA) is 89.4 Å². The molecule has 0 saturated heterocycles. The van der Waals surface area contributed by atoms with E-state index in [0.717, 1.165) is 11.1 Å². The molecule has 3 rings (SSSR count). The number of amides is 1. The van der Waals surface area contributed by atoms with Crippen LogP contribution in [0.15, 0.2) is 65.7 Å². The van der Waals surface area contributed by atoms with Gasteiger partial charge >= 0.3 is 0 Å². The molecule has 0 spiro atoms. The van der Waals surface area contributed by atoms with E-state index >= 15 is 0 Å². The first-order valence-corrected chi connectivity index (χ1v) is 9.78. The molecule has 0 bridgehead atoms. The molecule has 1 amide bonds. The molecule has 0 unspecified atom stereocenters. The van der Waals surface area contributed by atoms with Crippen molar-refractivity contribution in [3.05, 3.63) is 71.8 Å². The summed E-state index contributed by atoms with van der Waals surface area (Å²) < 4.78 is 11.3. The lowest BCUT2D eigenvalue weighted by Gasteiger charge is -2.20. The van der Waals surface area contributed by atoms with Crippen LogP contribution in [-0.4, -0.2) is 49.4 Å². The van der Waals surface area contributed by atoms with Crippen molar-refractivity contribution in [2.45, 2.75) is 18.4 Å². The Morgan fingerprint density at radius 3 is 2.70 bits per heavy atom. The van der Waals surface area contributed by atoms with E-state index < -0.39 is 5.54 Å². The van der Waals surface area contributed by atoms with Crippen LogP contribution in [0.5, 0.6) is 5.75 Å². The Kier molecular flexibility index (Phi) is 7.59. The fraction of sp³-hybridized carbons (Fsp3) is 0.304. The molecule has 0 fully saturated rings. The standard InChI is InChI=1S/C23H26N2O5/c1-28-25-22(27)23(14-5-9-18-7-3-2-4-8-18)17-30-21(24-23)19-10-12-20(13-11-19)29-16-6-15-26/h2-5,7-13,26H,6,14-17H2,1H3,(H,25,27)/b9-5+/t23-/m0/s1. The molecule has 1 aliphatic rings. The van der Waals surface area contributed by atoms with Gasteiger partial charge in [0.1, 0.15) is 12.4 Å². The molecule has 2 aromatic rings. The van der Waals surface area contributed by atoms with Gasteiger partial charge in [-0.3, -0.25) is 9.63 Å². The molecule has 0 aliphatic carbocycles. The maximum atomic E-state index is 12.7. The predicted octanol–water partition coefficient (Wildman–Crippen LogP) is 2.74. The van der Waals surface area contributed by atoms with Gasteiger partial charge < -0.3 is 14.6 Å². The van der Waals surface area contributed by atoms with Crippen LogP contribution in [0.25, 0.3) is 6.08 Å². The van der Waals surface area contributed by atoms with Crippen LogP contribution >= 0.6 is 0 Å². The summed E-state index contributed by atoms with van der Waals surface area (Å²) in [7, 11) is 1.39. The smallest absolute Gasteiger partial charge is 0.275 e. The van der Waals surface area contributed by atoms with Crippen molar-refractivity contribution in [3.8, 4) is 5.75 Å². The number of nitrogens with one attached hydrogen (secondary N) is 1. The number of hydrogen-bond acceptors (Lipinski definition) is 6. The number of carbonyl (C=O) groups is 1. The van der Waals surface area contributed by atoms with E-state index in [1.165, 1.54) is 7.11 Å². The lowest BCUT2D eigenvalue weighted by atomic mass is 9.96. The minimum absolute atomic E-state index is 0.0903. The van der Waals surface area contributed by atoms with Gasteiger partial charge in [0.05, 0.1) is 13.7 Å². The average Bonchev–Trinajstić information content (AvgIpc) is 3.21. The zero-order chi connectivity index (χ0) is 21.2. The van der Waals surface area contributed by atoms with E-state index in [1.54, 1.807) is 0 Å². The van der Waals surface area contributed by atoms with Crippen LogP contribution in [-0.2, 0) is 14.4 Å². The van der Waals surface area contributed by atoms with E-state index in [9.17, 15) is 4.79 Å². The highest BCUT2D eigenvalue weighted by atomic mass is 16.6. The van der Waals surface area contributed by atoms with Crippen molar-refractivity contribution in [2.75, 3.05) is 26.9 Å². The van der Waals surface area contributed by atoms with Crippen molar-refractivity contribution < 1.29 is 24.2 Å². The molecule has 2 N–H and O–H groups in total. The summed E-state index contributed by atoms with van der Waals surface area (Å²) >= 11 is 0. The van der Waals surface area contributed by atoms with Gasteiger partial charge in [0.2, 0.25) is 5.90 Å². The zero-order valence-electron chi connectivity index (χ0n) is 16.9. The molecule has 0 aromatic heterocycles. The third-order valence-electron chi connectivity index (χ3n) is 4.62. The first-order valence-electron chi connectivity index (χ1n) is 9.78. The number of ether oxygens (including phenoxy) is 2. The monoisotopic (exact) mass is 410 g/mol. The van der Waals surface area contributed by atoms with E-state index in [1.807, 2.05) is 66.7 Å². The molecule has 2 aromatic carbocycles. The van der Waals surface area contributed by atoms with Crippen LogP contribution in [0.1, 0.15) is 24.0 Å². The Morgan fingerprint density at radius 2 is 2.00 bits per heavy atom. The number of aliphatic hydroxyl groups is 1. The van der Waals surface area contributed by atoms with Crippen molar-refractivity contribution in [2.24, 2.45) is 4.99 Å². The van der Waals surface area contributed by atoms with Crippen LogP contribution < -0.4 is 10.2 Å². The van der Waals surface area contributed by atoms with Gasteiger partial charge in [-0.1, -0.05) is 42.5 Å². The Balaban J connectivity index is 1.75. The molecule has 7 nitrogen and oxygen atoms in total. The molecule has 1 atom stereocenters. The molecule has 1 heterocycles. The largest absolute Gasteiger partial charge is 0.494 e. The van der Waals surface area contributed by atoms with Gasteiger partial charge in [-0.25, -0.2) is 10.5 Å².